The molecular formula is C13H16N2O3S. The van der Waals surface area contributed by atoms with Gasteiger partial charge in [0.1, 0.15) is 0 Å². The first-order chi connectivity index (χ1) is 9.08. The number of nitrogens with zero attached hydrogens (tertiary/aromatic N) is 1. The van der Waals surface area contributed by atoms with E-state index in [-0.39, 0.29) is 18.0 Å². The van der Waals surface area contributed by atoms with Gasteiger partial charge in [0, 0.05) is 4.88 Å². The third-order valence-electron chi connectivity index (χ3n) is 3.14. The van der Waals surface area contributed by atoms with E-state index in [0.717, 1.165) is 16.9 Å². The van der Waals surface area contributed by atoms with Crippen LogP contribution in [0.2, 0.25) is 0 Å². The normalized spacial score (nSPS) is 10.8. The lowest BCUT2D eigenvalue weighted by Gasteiger charge is -2.10. The Balaban J connectivity index is 2.52. The Morgan fingerprint density at radius 1 is 1.32 bits per heavy atom. The second-order valence-electron chi connectivity index (χ2n) is 4.22. The summed E-state index contributed by atoms with van der Waals surface area (Å²) in [4.78, 5) is 26.6. The van der Waals surface area contributed by atoms with E-state index in [1.165, 1.54) is 4.57 Å². The molecular weight excluding hydrogens is 264 g/mol. The van der Waals surface area contributed by atoms with E-state index in [2.05, 4.69) is 4.98 Å². The van der Waals surface area contributed by atoms with Gasteiger partial charge in [0.15, 0.2) is 0 Å². The van der Waals surface area contributed by atoms with E-state index in [1.54, 1.807) is 18.3 Å². The molecule has 0 aliphatic rings. The van der Waals surface area contributed by atoms with Crippen molar-refractivity contribution in [2.45, 2.75) is 33.2 Å². The third-order valence-corrected chi connectivity index (χ3v) is 4.09. The molecule has 0 saturated heterocycles. The van der Waals surface area contributed by atoms with E-state index < -0.39 is 11.2 Å². The minimum absolute atomic E-state index is 0.230. The number of aromatic hydroxyl groups is 1. The lowest BCUT2D eigenvalue weighted by molar-refractivity contribution is 0.402. The zero-order chi connectivity index (χ0) is 14.0. The molecule has 0 aromatic carbocycles. The van der Waals surface area contributed by atoms with E-state index in [0.29, 0.717) is 6.42 Å². The van der Waals surface area contributed by atoms with Crippen molar-refractivity contribution in [1.82, 2.24) is 9.55 Å². The summed E-state index contributed by atoms with van der Waals surface area (Å²) in [5, 5.41) is 12.0. The monoisotopic (exact) mass is 280 g/mol. The predicted molar refractivity (Wildman–Crippen MR) is 75.2 cm³/mol. The number of thiophene rings is 1. The molecule has 0 fully saturated rings. The number of aromatic nitrogens is 2. The number of nitrogens with one attached hydrogen (secondary N) is 1. The summed E-state index contributed by atoms with van der Waals surface area (Å²) in [5.41, 5.74) is 0.313. The molecule has 19 heavy (non-hydrogen) atoms. The van der Waals surface area contributed by atoms with Crippen LogP contribution in [0, 0.1) is 0 Å². The van der Waals surface area contributed by atoms with Crippen molar-refractivity contribution in [3.63, 3.8) is 0 Å². The highest BCUT2D eigenvalue weighted by Gasteiger charge is 2.14. The summed E-state index contributed by atoms with van der Waals surface area (Å²) in [5.74, 6) is -0.230. The third kappa shape index (κ3) is 2.49. The predicted octanol–water partition coefficient (Wildman–Crippen LogP) is 1.48. The Bertz CT molecular complexity index is 697. The van der Waals surface area contributed by atoms with Gasteiger partial charge in [-0.05, 0) is 29.9 Å². The zero-order valence-electron chi connectivity index (χ0n) is 10.9. The molecule has 2 rings (SSSR count). The summed E-state index contributed by atoms with van der Waals surface area (Å²) in [6, 6.07) is 2.01. The van der Waals surface area contributed by atoms with Crippen LogP contribution in [0.3, 0.4) is 0 Å². The fourth-order valence-corrected chi connectivity index (χ4v) is 2.99. The van der Waals surface area contributed by atoms with Crippen molar-refractivity contribution < 1.29 is 5.11 Å². The summed E-state index contributed by atoms with van der Waals surface area (Å²) >= 11 is 1.54. The molecule has 6 heteroatoms. The maximum atomic E-state index is 11.8. The Hall–Kier alpha value is -1.82. The molecule has 0 spiro atoms. The summed E-state index contributed by atoms with van der Waals surface area (Å²) in [6.45, 7) is 4.09. The van der Waals surface area contributed by atoms with Crippen LogP contribution in [0.15, 0.2) is 21.0 Å². The van der Waals surface area contributed by atoms with Crippen molar-refractivity contribution in [3.05, 3.63) is 48.3 Å². The quantitative estimate of drug-likeness (QED) is 0.890. The molecule has 2 aromatic rings. The minimum atomic E-state index is -0.574. The van der Waals surface area contributed by atoms with Gasteiger partial charge in [-0.2, -0.15) is 0 Å². The maximum absolute atomic E-state index is 11.8. The second kappa shape index (κ2) is 5.44. The van der Waals surface area contributed by atoms with Crippen LogP contribution in [0.5, 0.6) is 5.88 Å². The summed E-state index contributed by atoms with van der Waals surface area (Å²) in [7, 11) is 0. The van der Waals surface area contributed by atoms with Gasteiger partial charge in [0.05, 0.1) is 12.1 Å². The molecule has 0 aliphatic heterocycles. The molecule has 0 amide bonds. The van der Waals surface area contributed by atoms with Gasteiger partial charge in [-0.3, -0.25) is 14.3 Å². The van der Waals surface area contributed by atoms with E-state index in [4.69, 9.17) is 0 Å². The lowest BCUT2D eigenvalue weighted by atomic mass is 10.2. The van der Waals surface area contributed by atoms with Gasteiger partial charge in [0.25, 0.3) is 5.56 Å². The topological polar surface area (TPSA) is 75.1 Å². The van der Waals surface area contributed by atoms with Gasteiger partial charge in [-0.25, -0.2) is 4.79 Å². The fraction of sp³-hybridized carbons (Fsp3) is 0.385. The maximum Gasteiger partial charge on any atom is 0.331 e. The van der Waals surface area contributed by atoms with E-state index in [1.807, 2.05) is 18.4 Å². The Morgan fingerprint density at radius 3 is 2.68 bits per heavy atom. The first-order valence-corrected chi connectivity index (χ1v) is 7.06. The van der Waals surface area contributed by atoms with Gasteiger partial charge < -0.3 is 5.11 Å². The van der Waals surface area contributed by atoms with Crippen molar-refractivity contribution in [3.8, 4) is 5.88 Å². The molecule has 5 nitrogen and oxygen atoms in total. The first-order valence-electron chi connectivity index (χ1n) is 6.18. The molecule has 0 bridgehead atoms. The SMILES string of the molecule is CCc1ccsc1Cn1c(O)c(CC)c(=O)[nH]c1=O. The number of aromatic amines is 1. The molecule has 102 valence electrons. The molecule has 2 heterocycles. The van der Waals surface area contributed by atoms with Crippen LogP contribution < -0.4 is 11.2 Å². The molecule has 0 saturated carbocycles. The van der Waals surface area contributed by atoms with Gasteiger partial charge in [-0.1, -0.05) is 13.8 Å². The Morgan fingerprint density at radius 2 is 2.05 bits per heavy atom. The van der Waals surface area contributed by atoms with Crippen LogP contribution in [0.25, 0.3) is 0 Å². The lowest BCUT2D eigenvalue weighted by Crippen LogP contribution is -2.32. The van der Waals surface area contributed by atoms with Crippen LogP contribution in [0.4, 0.5) is 0 Å². The largest absolute Gasteiger partial charge is 0.494 e. The number of hydrogen-bond donors (Lipinski definition) is 2. The fourth-order valence-electron chi connectivity index (χ4n) is 2.03. The van der Waals surface area contributed by atoms with Crippen molar-refractivity contribution in [1.29, 1.82) is 0 Å². The van der Waals surface area contributed by atoms with Gasteiger partial charge >= 0.3 is 5.69 Å². The van der Waals surface area contributed by atoms with Crippen LogP contribution >= 0.6 is 11.3 Å². The zero-order valence-corrected chi connectivity index (χ0v) is 11.7. The van der Waals surface area contributed by atoms with Crippen molar-refractivity contribution in [2.75, 3.05) is 0 Å². The highest BCUT2D eigenvalue weighted by Crippen LogP contribution is 2.20. The standard InChI is InChI=1S/C13H16N2O3S/c1-3-8-5-6-19-10(8)7-15-12(17)9(4-2)11(16)14-13(15)18/h5-6,17H,3-4,7H2,1-2H3,(H,14,16,18). The molecule has 0 atom stereocenters. The Kier molecular flexibility index (Phi) is 3.90. The van der Waals surface area contributed by atoms with Crippen LogP contribution in [-0.2, 0) is 19.4 Å². The van der Waals surface area contributed by atoms with Crippen LogP contribution in [0.1, 0.15) is 29.9 Å². The van der Waals surface area contributed by atoms with E-state index in [9.17, 15) is 14.7 Å². The van der Waals surface area contributed by atoms with E-state index >= 15 is 0 Å². The highest BCUT2D eigenvalue weighted by molar-refractivity contribution is 7.10. The van der Waals surface area contributed by atoms with Crippen LogP contribution in [-0.4, -0.2) is 14.7 Å². The average molecular weight is 280 g/mol. The molecule has 2 aromatic heterocycles. The van der Waals surface area contributed by atoms with Gasteiger partial charge in [0.2, 0.25) is 5.88 Å². The van der Waals surface area contributed by atoms with Crippen molar-refractivity contribution >= 4 is 11.3 Å². The first kappa shape index (κ1) is 13.6. The minimum Gasteiger partial charge on any atom is -0.494 e. The van der Waals surface area contributed by atoms with Gasteiger partial charge in [-0.15, -0.1) is 11.3 Å². The Labute approximate surface area is 114 Å². The smallest absolute Gasteiger partial charge is 0.331 e. The molecule has 0 radical (unpaired) electrons. The molecule has 2 N–H and O–H groups in total. The highest BCUT2D eigenvalue weighted by atomic mass is 32.1. The number of hydrogen-bond acceptors (Lipinski definition) is 4. The molecule has 0 aliphatic carbocycles. The number of H-pyrrole nitrogens is 1. The summed E-state index contributed by atoms with van der Waals surface area (Å²) in [6.07, 6.45) is 1.25. The second-order valence-corrected chi connectivity index (χ2v) is 5.22. The number of aryl methyl sites for hydroxylation is 1. The van der Waals surface area contributed by atoms with Crippen molar-refractivity contribution in [2.24, 2.45) is 0 Å². The summed E-state index contributed by atoms with van der Waals surface area (Å²) < 4.78 is 1.21. The number of rotatable bonds is 4. The average Bonchev–Trinajstić information content (AvgIpc) is 2.82. The molecule has 0 unspecified atom stereocenters.